The van der Waals surface area contributed by atoms with E-state index in [1.807, 2.05) is 18.6 Å². The summed E-state index contributed by atoms with van der Waals surface area (Å²) >= 11 is 0. The fourth-order valence-electron chi connectivity index (χ4n) is 16.7. The molecule has 306 valence electrons. The minimum absolute atomic E-state index is 0.0493. The van der Waals surface area contributed by atoms with Crippen molar-refractivity contribution < 1.29 is 25.2 Å². The van der Waals surface area contributed by atoms with E-state index >= 15 is 0 Å². The number of carbonyl (C=O) groups is 1. The highest BCUT2D eigenvalue weighted by atomic mass is 16.3. The standard InChI is InChI=1S/C49H70N2O5/c1-46(2,20-22-51-23-21-50-28-51)44-33-14-8-7-13-31(33)32-15-9-10-29-24-34(45(55)43(44)42(29)32)35-17-19-49(56)37-25-39(52)38-26-40(53)41(54)27-48(38,30-11-5-4-6-12-30)36(37)16-18-47(35,49)3/h21,23,25,28-31,34-36,38,40-41,43,45,53-56H,4-20,22,24,26-27H2,1-3H3/t29-,31+,34+,35-,36+,38+,40-,41+,43-,45+,47-,48+,49-/m1/s1. The molecule has 1 heterocycles. The highest BCUT2D eigenvalue weighted by molar-refractivity contribution is 5.95. The van der Waals surface area contributed by atoms with Crippen LogP contribution < -0.4 is 0 Å². The van der Waals surface area contributed by atoms with Crippen LogP contribution in [0.25, 0.3) is 0 Å². The number of ketones is 1. The molecule has 1 aromatic heterocycles. The van der Waals surface area contributed by atoms with Gasteiger partial charge in [-0.05, 0) is 155 Å². The first kappa shape index (κ1) is 38.2. The highest BCUT2D eigenvalue weighted by Crippen LogP contribution is 2.72. The summed E-state index contributed by atoms with van der Waals surface area (Å²) in [5, 5.41) is 49.0. The summed E-state index contributed by atoms with van der Waals surface area (Å²) in [7, 11) is 0. The highest BCUT2D eigenvalue weighted by Gasteiger charge is 2.70. The Morgan fingerprint density at radius 2 is 1.66 bits per heavy atom. The summed E-state index contributed by atoms with van der Waals surface area (Å²) < 4.78 is 2.21. The molecule has 56 heavy (non-hydrogen) atoms. The summed E-state index contributed by atoms with van der Waals surface area (Å²) in [6.45, 7) is 8.16. The predicted octanol–water partition coefficient (Wildman–Crippen LogP) is 8.66. The summed E-state index contributed by atoms with van der Waals surface area (Å²) in [5.41, 5.74) is 5.49. The molecule has 10 rings (SSSR count). The van der Waals surface area contributed by atoms with Crippen LogP contribution in [0.3, 0.4) is 0 Å². The third-order valence-electron chi connectivity index (χ3n) is 19.1. The molecule has 9 aliphatic carbocycles. The minimum Gasteiger partial charge on any atom is -0.392 e. The molecule has 6 saturated carbocycles. The summed E-state index contributed by atoms with van der Waals surface area (Å²) in [5.74, 6) is 1.54. The number of allylic oxidation sites excluding steroid dienone is 3. The first-order chi connectivity index (χ1) is 26.9. The largest absolute Gasteiger partial charge is 0.392 e. The van der Waals surface area contributed by atoms with Crippen LogP contribution in [0.4, 0.5) is 0 Å². The molecule has 7 nitrogen and oxygen atoms in total. The first-order valence-corrected chi connectivity index (χ1v) is 23.3. The van der Waals surface area contributed by atoms with E-state index in [0.29, 0.717) is 37.0 Å². The molecule has 0 unspecified atom stereocenters. The molecular weight excluding hydrogens is 697 g/mol. The molecule has 7 heteroatoms. The zero-order chi connectivity index (χ0) is 38.8. The number of hydrogen-bond acceptors (Lipinski definition) is 6. The fourth-order valence-corrected chi connectivity index (χ4v) is 16.7. The van der Waals surface area contributed by atoms with Gasteiger partial charge >= 0.3 is 0 Å². The van der Waals surface area contributed by atoms with Crippen molar-refractivity contribution in [2.45, 2.75) is 180 Å². The number of carbonyl (C=O) groups excluding carboxylic acids is 1. The van der Waals surface area contributed by atoms with E-state index in [1.54, 1.807) is 22.3 Å². The van der Waals surface area contributed by atoms with Crippen molar-refractivity contribution >= 4 is 5.78 Å². The van der Waals surface area contributed by atoms with Crippen molar-refractivity contribution in [3.8, 4) is 0 Å². The van der Waals surface area contributed by atoms with E-state index in [0.717, 1.165) is 76.3 Å². The molecule has 6 fully saturated rings. The van der Waals surface area contributed by atoms with Crippen LogP contribution in [-0.2, 0) is 11.3 Å². The number of aliphatic hydroxyl groups excluding tert-OH is 3. The number of nitrogens with zero attached hydrogens (tertiary/aromatic N) is 2. The second kappa shape index (κ2) is 13.7. The number of hydrogen-bond donors (Lipinski definition) is 4. The Morgan fingerprint density at radius 1 is 0.875 bits per heavy atom. The Bertz CT molecular complexity index is 1800. The minimum atomic E-state index is -1.11. The van der Waals surface area contributed by atoms with Crippen molar-refractivity contribution in [1.82, 2.24) is 9.55 Å². The molecule has 0 spiro atoms. The number of aryl methyl sites for hydroxylation is 1. The van der Waals surface area contributed by atoms with Gasteiger partial charge in [0, 0.05) is 42.1 Å². The normalized spacial score (nSPS) is 45.4. The van der Waals surface area contributed by atoms with Crippen LogP contribution in [0, 0.1) is 63.6 Å². The van der Waals surface area contributed by atoms with Gasteiger partial charge in [0.05, 0.1) is 30.2 Å². The van der Waals surface area contributed by atoms with Crippen molar-refractivity contribution in [3.05, 3.63) is 52.7 Å². The molecule has 0 radical (unpaired) electrons. The molecule has 0 aliphatic heterocycles. The monoisotopic (exact) mass is 767 g/mol. The number of imidazole rings is 1. The Morgan fingerprint density at radius 3 is 2.45 bits per heavy atom. The second-order valence-corrected chi connectivity index (χ2v) is 21.7. The topological polar surface area (TPSA) is 116 Å². The molecule has 13 atom stereocenters. The SMILES string of the molecule is CC(C)(CCn1ccnc1)C1=C2CCCC[C@H]2C2=C3[C@H](CCC2)C[C@@H]([C@H]2CC[C@@]4(O)C5=CC(=O)[C@@H]6C[C@@H](O)[C@@H](O)C[C@]6(C6CCCCC6)[C@H]5CC[C@]24C)[C@H](O)[C@H]31. The summed E-state index contributed by atoms with van der Waals surface area (Å²) in [6.07, 6.45) is 26.0. The van der Waals surface area contributed by atoms with E-state index in [2.05, 4.69) is 36.5 Å². The van der Waals surface area contributed by atoms with Gasteiger partial charge in [-0.15, -0.1) is 0 Å². The smallest absolute Gasteiger partial charge is 0.159 e. The second-order valence-electron chi connectivity index (χ2n) is 21.7. The quantitative estimate of drug-likeness (QED) is 0.216. The molecule has 1 aromatic rings. The maximum absolute atomic E-state index is 14.5. The first-order valence-electron chi connectivity index (χ1n) is 23.3. The third-order valence-corrected chi connectivity index (χ3v) is 19.1. The van der Waals surface area contributed by atoms with E-state index in [9.17, 15) is 25.2 Å². The Balaban J connectivity index is 1.02. The maximum atomic E-state index is 14.5. The van der Waals surface area contributed by atoms with Crippen LogP contribution in [0.15, 0.2) is 52.7 Å². The fraction of sp³-hybridized carbons (Fsp3) is 0.796. The van der Waals surface area contributed by atoms with Gasteiger partial charge in [0.15, 0.2) is 5.78 Å². The third kappa shape index (κ3) is 5.40. The van der Waals surface area contributed by atoms with Gasteiger partial charge < -0.3 is 25.0 Å². The van der Waals surface area contributed by atoms with Crippen molar-refractivity contribution in [2.75, 3.05) is 0 Å². The van der Waals surface area contributed by atoms with Crippen LogP contribution in [0.2, 0.25) is 0 Å². The van der Waals surface area contributed by atoms with Gasteiger partial charge in [-0.2, -0.15) is 0 Å². The van der Waals surface area contributed by atoms with Crippen LogP contribution in [0.1, 0.15) is 149 Å². The molecule has 9 aliphatic rings. The zero-order valence-corrected chi connectivity index (χ0v) is 34.6. The van der Waals surface area contributed by atoms with Crippen molar-refractivity contribution in [2.24, 2.45) is 63.6 Å². The van der Waals surface area contributed by atoms with Crippen molar-refractivity contribution in [1.29, 1.82) is 0 Å². The lowest BCUT2D eigenvalue weighted by Crippen LogP contribution is -2.64. The molecule has 0 bridgehead atoms. The van der Waals surface area contributed by atoms with Gasteiger partial charge in [-0.25, -0.2) is 4.98 Å². The Labute approximate surface area is 335 Å². The number of fused-ring (bicyclic) bond motifs is 7. The lowest BCUT2D eigenvalue weighted by molar-refractivity contribution is -0.174. The van der Waals surface area contributed by atoms with E-state index < -0.39 is 34.7 Å². The Hall–Kier alpha value is -2.06. The van der Waals surface area contributed by atoms with Gasteiger partial charge in [-0.1, -0.05) is 68.7 Å². The lowest BCUT2D eigenvalue weighted by atomic mass is 9.41. The molecule has 0 amide bonds. The van der Waals surface area contributed by atoms with Crippen molar-refractivity contribution in [3.63, 3.8) is 0 Å². The molecule has 0 saturated heterocycles. The summed E-state index contributed by atoms with van der Waals surface area (Å²) in [4.78, 5) is 18.8. The van der Waals surface area contributed by atoms with E-state index in [4.69, 9.17) is 0 Å². The average molecular weight is 767 g/mol. The zero-order valence-electron chi connectivity index (χ0n) is 34.6. The van der Waals surface area contributed by atoms with E-state index in [-0.39, 0.29) is 40.8 Å². The lowest BCUT2D eigenvalue weighted by Gasteiger charge is -2.64. The summed E-state index contributed by atoms with van der Waals surface area (Å²) in [6, 6.07) is 0. The van der Waals surface area contributed by atoms with Crippen LogP contribution in [0.5, 0.6) is 0 Å². The van der Waals surface area contributed by atoms with Gasteiger partial charge in [0.25, 0.3) is 0 Å². The van der Waals surface area contributed by atoms with E-state index in [1.165, 1.54) is 44.9 Å². The Kier molecular flexibility index (Phi) is 9.37. The average Bonchev–Trinajstić information content (AvgIpc) is 3.82. The molecule has 4 N–H and O–H groups in total. The number of aliphatic hydroxyl groups is 4. The molecule has 0 aromatic carbocycles. The maximum Gasteiger partial charge on any atom is 0.159 e. The van der Waals surface area contributed by atoms with Crippen LogP contribution >= 0.6 is 0 Å². The van der Waals surface area contributed by atoms with Gasteiger partial charge in [0.2, 0.25) is 0 Å². The van der Waals surface area contributed by atoms with Crippen LogP contribution in [-0.4, -0.2) is 59.7 Å². The molecular formula is C49H70N2O5. The van der Waals surface area contributed by atoms with Gasteiger partial charge in [0.1, 0.15) is 0 Å². The predicted molar refractivity (Wildman–Crippen MR) is 217 cm³/mol. The van der Waals surface area contributed by atoms with Gasteiger partial charge in [-0.3, -0.25) is 4.79 Å². The number of aromatic nitrogens is 2. The number of rotatable bonds is 6.